The van der Waals surface area contributed by atoms with Crippen molar-refractivity contribution in [1.82, 2.24) is 9.97 Å². The first kappa shape index (κ1) is 14.3. The van der Waals surface area contributed by atoms with E-state index in [-0.39, 0.29) is 21.8 Å². The molecule has 2 aromatic rings. The highest BCUT2D eigenvalue weighted by Crippen LogP contribution is 2.36. The van der Waals surface area contributed by atoms with Crippen molar-refractivity contribution in [3.05, 3.63) is 46.2 Å². The van der Waals surface area contributed by atoms with Crippen LogP contribution in [0.25, 0.3) is 0 Å². The monoisotopic (exact) mass is 342 g/mol. The molecule has 0 amide bonds. The molecule has 0 saturated carbocycles. The van der Waals surface area contributed by atoms with Gasteiger partial charge in [-0.05, 0) is 24.3 Å². The zero-order valence-electron chi connectivity index (χ0n) is 9.74. The molecule has 0 radical (unpaired) electrons. The fourth-order valence-electron chi connectivity index (χ4n) is 1.43. The molecule has 0 unspecified atom stereocenters. The Morgan fingerprint density at radius 3 is 2.65 bits per heavy atom. The molecule has 2 rings (SSSR count). The van der Waals surface area contributed by atoms with Crippen molar-refractivity contribution < 1.29 is 13.2 Å². The first-order chi connectivity index (χ1) is 9.40. The maximum atomic E-state index is 12.8. The van der Waals surface area contributed by atoms with Gasteiger partial charge in [-0.3, -0.25) is 0 Å². The summed E-state index contributed by atoms with van der Waals surface area (Å²) in [5, 5.41) is 11.3. The molecule has 1 aromatic carbocycles. The number of nitrogens with one attached hydrogen (secondary N) is 1. The Bertz CT molecular complexity index is 679. The van der Waals surface area contributed by atoms with Gasteiger partial charge in [-0.25, -0.2) is 9.97 Å². The average molecular weight is 343 g/mol. The van der Waals surface area contributed by atoms with Crippen molar-refractivity contribution in [3.63, 3.8) is 0 Å². The van der Waals surface area contributed by atoms with Crippen LogP contribution in [0.1, 0.15) is 11.3 Å². The summed E-state index contributed by atoms with van der Waals surface area (Å²) in [5.74, 6) is 0.0551. The lowest BCUT2D eigenvalue weighted by Gasteiger charge is -2.11. The quantitative estimate of drug-likeness (QED) is 0.899. The third-order valence-corrected chi connectivity index (χ3v) is 2.99. The number of nitrogens with zero attached hydrogens (tertiary/aromatic N) is 3. The van der Waals surface area contributed by atoms with Crippen LogP contribution < -0.4 is 5.32 Å². The van der Waals surface area contributed by atoms with Crippen molar-refractivity contribution in [2.75, 3.05) is 5.32 Å². The number of nitriles is 1. The van der Waals surface area contributed by atoms with Crippen LogP contribution in [-0.2, 0) is 6.18 Å². The molecule has 8 heteroatoms. The smallest absolute Gasteiger partial charge is 0.324 e. The highest BCUT2D eigenvalue weighted by Gasteiger charge is 2.33. The predicted octanol–water partition coefficient (Wildman–Crippen LogP) is 3.87. The van der Waals surface area contributed by atoms with Gasteiger partial charge in [-0.1, -0.05) is 15.9 Å². The first-order valence-corrected chi connectivity index (χ1v) is 6.06. The lowest BCUT2D eigenvalue weighted by Crippen LogP contribution is -2.07. The largest absolute Gasteiger partial charge is 0.417 e. The van der Waals surface area contributed by atoms with E-state index in [1.54, 1.807) is 0 Å². The topological polar surface area (TPSA) is 61.6 Å². The van der Waals surface area contributed by atoms with E-state index >= 15 is 0 Å². The zero-order chi connectivity index (χ0) is 14.8. The Balaban J connectivity index is 2.33. The van der Waals surface area contributed by atoms with Crippen LogP contribution in [0.3, 0.4) is 0 Å². The van der Waals surface area contributed by atoms with Crippen LogP contribution in [0.4, 0.5) is 24.8 Å². The lowest BCUT2D eigenvalue weighted by atomic mass is 10.2. The molecule has 0 aliphatic rings. The van der Waals surface area contributed by atoms with E-state index in [1.165, 1.54) is 24.4 Å². The SMILES string of the molecule is N#Cc1ccnc(Nc2ccc(Br)c(C(F)(F)F)c2)n1. The second-order valence-corrected chi connectivity index (χ2v) is 4.55. The number of hydrogen-bond donors (Lipinski definition) is 1. The van der Waals surface area contributed by atoms with E-state index < -0.39 is 11.7 Å². The third kappa shape index (κ3) is 3.24. The highest BCUT2D eigenvalue weighted by atomic mass is 79.9. The highest BCUT2D eigenvalue weighted by molar-refractivity contribution is 9.10. The van der Waals surface area contributed by atoms with Gasteiger partial charge in [0.15, 0.2) is 0 Å². The number of aromatic nitrogens is 2. The summed E-state index contributed by atoms with van der Waals surface area (Å²) in [6, 6.07) is 6.88. The van der Waals surface area contributed by atoms with Gasteiger partial charge < -0.3 is 5.32 Å². The molecule has 1 N–H and O–H groups in total. The summed E-state index contributed by atoms with van der Waals surface area (Å²) in [7, 11) is 0. The minimum Gasteiger partial charge on any atom is -0.324 e. The van der Waals surface area contributed by atoms with Crippen LogP contribution in [0.15, 0.2) is 34.9 Å². The molecule has 0 spiro atoms. The van der Waals surface area contributed by atoms with Crippen molar-refractivity contribution in [1.29, 1.82) is 5.26 Å². The Kier molecular flexibility index (Phi) is 3.90. The molecule has 20 heavy (non-hydrogen) atoms. The molecular weight excluding hydrogens is 337 g/mol. The van der Waals surface area contributed by atoms with E-state index in [2.05, 4.69) is 31.2 Å². The molecule has 0 aliphatic heterocycles. The molecule has 0 aliphatic carbocycles. The lowest BCUT2D eigenvalue weighted by molar-refractivity contribution is -0.138. The maximum Gasteiger partial charge on any atom is 0.417 e. The molecule has 0 saturated heterocycles. The van der Waals surface area contributed by atoms with Crippen LogP contribution in [-0.4, -0.2) is 9.97 Å². The van der Waals surface area contributed by atoms with Crippen molar-refractivity contribution in [3.8, 4) is 6.07 Å². The summed E-state index contributed by atoms with van der Waals surface area (Å²) in [6.07, 6.45) is -3.12. The van der Waals surface area contributed by atoms with E-state index in [1.807, 2.05) is 6.07 Å². The third-order valence-electron chi connectivity index (χ3n) is 2.30. The normalized spacial score (nSPS) is 10.9. The molecule has 4 nitrogen and oxygen atoms in total. The van der Waals surface area contributed by atoms with Gasteiger partial charge >= 0.3 is 6.18 Å². The first-order valence-electron chi connectivity index (χ1n) is 5.27. The van der Waals surface area contributed by atoms with Gasteiger partial charge in [0.05, 0.1) is 5.56 Å². The molecule has 1 aromatic heterocycles. The summed E-state index contributed by atoms with van der Waals surface area (Å²) < 4.78 is 38.2. The van der Waals surface area contributed by atoms with E-state index in [4.69, 9.17) is 5.26 Å². The van der Waals surface area contributed by atoms with Crippen LogP contribution in [0.5, 0.6) is 0 Å². The summed E-state index contributed by atoms with van der Waals surface area (Å²) >= 11 is 2.85. The average Bonchev–Trinajstić information content (AvgIpc) is 2.40. The van der Waals surface area contributed by atoms with Gasteiger partial charge in [0.1, 0.15) is 11.8 Å². The fraction of sp³-hybridized carbons (Fsp3) is 0.0833. The van der Waals surface area contributed by atoms with Crippen LogP contribution >= 0.6 is 15.9 Å². The second-order valence-electron chi connectivity index (χ2n) is 3.69. The molecule has 1 heterocycles. The molecular formula is C12H6BrF3N4. The molecule has 0 fully saturated rings. The number of hydrogen-bond acceptors (Lipinski definition) is 4. The van der Waals surface area contributed by atoms with E-state index in [0.717, 1.165) is 6.07 Å². The Hall–Kier alpha value is -2.14. The Morgan fingerprint density at radius 2 is 2.00 bits per heavy atom. The minimum atomic E-state index is -4.47. The van der Waals surface area contributed by atoms with Gasteiger partial charge in [0.2, 0.25) is 5.95 Å². The summed E-state index contributed by atoms with van der Waals surface area (Å²) in [5.41, 5.74) is -0.509. The zero-order valence-corrected chi connectivity index (χ0v) is 11.3. The molecule has 0 bridgehead atoms. The molecule has 102 valence electrons. The summed E-state index contributed by atoms with van der Waals surface area (Å²) in [6.45, 7) is 0. The van der Waals surface area contributed by atoms with Gasteiger partial charge in [0, 0.05) is 16.4 Å². The predicted molar refractivity (Wildman–Crippen MR) is 69.2 cm³/mol. The van der Waals surface area contributed by atoms with Gasteiger partial charge in [-0.2, -0.15) is 18.4 Å². The van der Waals surface area contributed by atoms with E-state index in [9.17, 15) is 13.2 Å². The standard InChI is InChI=1S/C12H6BrF3N4/c13-10-2-1-7(5-9(10)12(14,15)16)19-11-18-4-3-8(6-17)20-11/h1-5H,(H,18,19,20). The van der Waals surface area contributed by atoms with Gasteiger partial charge in [0.25, 0.3) is 0 Å². The van der Waals surface area contributed by atoms with Crippen molar-refractivity contribution >= 4 is 27.6 Å². The number of anilines is 2. The number of alkyl halides is 3. The number of rotatable bonds is 2. The van der Waals surface area contributed by atoms with Crippen molar-refractivity contribution in [2.45, 2.75) is 6.18 Å². The maximum absolute atomic E-state index is 12.8. The summed E-state index contributed by atoms with van der Waals surface area (Å²) in [4.78, 5) is 7.66. The fourth-order valence-corrected chi connectivity index (χ4v) is 1.90. The number of halogens is 4. The van der Waals surface area contributed by atoms with Gasteiger partial charge in [-0.15, -0.1) is 0 Å². The second kappa shape index (κ2) is 5.46. The van der Waals surface area contributed by atoms with Crippen LogP contribution in [0.2, 0.25) is 0 Å². The molecule has 0 atom stereocenters. The van der Waals surface area contributed by atoms with E-state index in [0.29, 0.717) is 0 Å². The van der Waals surface area contributed by atoms with Crippen LogP contribution in [0, 0.1) is 11.3 Å². The Labute approximate surface area is 120 Å². The van der Waals surface area contributed by atoms with Crippen molar-refractivity contribution in [2.24, 2.45) is 0 Å². The minimum absolute atomic E-state index is 0.0535. The Morgan fingerprint density at radius 1 is 1.25 bits per heavy atom. The number of benzene rings is 1.